The van der Waals surface area contributed by atoms with Crippen LogP contribution in [0.2, 0.25) is 0 Å². The molecule has 0 saturated carbocycles. The van der Waals surface area contributed by atoms with Gasteiger partial charge in [-0.15, -0.1) is 4.79 Å². The minimum Gasteiger partial charge on any atom is -0.383 e. The Hall–Kier alpha value is -2.53. The highest BCUT2D eigenvalue weighted by Crippen LogP contribution is 2.23. The molecule has 0 spiro atoms. The highest BCUT2D eigenvalue weighted by Gasteiger charge is 2.43. The summed E-state index contributed by atoms with van der Waals surface area (Å²) in [6.45, 7) is 1.72. The van der Waals surface area contributed by atoms with Crippen LogP contribution in [0.25, 0.3) is 5.53 Å². The molecule has 144 valence electrons. The zero-order valence-corrected chi connectivity index (χ0v) is 16.5. The van der Waals surface area contributed by atoms with E-state index in [1.54, 1.807) is 6.92 Å². The van der Waals surface area contributed by atoms with E-state index >= 15 is 0 Å². The molecule has 0 aliphatic rings. The maximum Gasteiger partial charge on any atom is 0.504 e. The molecule has 9 nitrogen and oxygen atoms in total. The van der Waals surface area contributed by atoms with Crippen molar-refractivity contribution in [2.75, 3.05) is 6.26 Å². The first-order valence-electron chi connectivity index (χ1n) is 7.16. The van der Waals surface area contributed by atoms with E-state index in [-0.39, 0.29) is 10.6 Å². The van der Waals surface area contributed by atoms with Crippen LogP contribution in [0.4, 0.5) is 0 Å². The summed E-state index contributed by atoms with van der Waals surface area (Å²) in [7, 11) is -13.2. The van der Waals surface area contributed by atoms with Gasteiger partial charge in [-0.05, 0) is 43.3 Å². The second-order valence-corrected chi connectivity index (χ2v) is 11.0. The van der Waals surface area contributed by atoms with E-state index in [0.29, 0.717) is 0 Å². The van der Waals surface area contributed by atoms with Crippen LogP contribution in [0, 0.1) is 6.92 Å². The fraction of sp³-hybridized carbons (Fsp3) is 0.133. The Morgan fingerprint density at radius 3 is 1.59 bits per heavy atom. The minimum absolute atomic E-state index is 0.166. The van der Waals surface area contributed by atoms with Gasteiger partial charge in [0.25, 0.3) is 19.7 Å². The Balaban J connectivity index is 2.50. The van der Waals surface area contributed by atoms with Gasteiger partial charge >= 0.3 is 14.5 Å². The third-order valence-electron chi connectivity index (χ3n) is 3.25. The molecule has 0 aromatic heterocycles. The lowest BCUT2D eigenvalue weighted by molar-refractivity contribution is 0.00380. The van der Waals surface area contributed by atoms with Crippen molar-refractivity contribution >= 4 is 34.2 Å². The molecular weight excluding hydrogens is 416 g/mol. The SMILES string of the molecule is Cc1ccc(S(=O)(=O)C(=[N+]=[N-])S(=O)(=O)c2ccc(OS(C)(=O)=O)cc2)cc1. The number of nitrogens with zero attached hydrogens (tertiary/aromatic N) is 2. The van der Waals surface area contributed by atoms with Crippen LogP contribution in [0.3, 0.4) is 0 Å². The van der Waals surface area contributed by atoms with Crippen molar-refractivity contribution in [1.82, 2.24) is 0 Å². The zero-order chi connectivity index (χ0) is 20.5. The molecule has 0 unspecified atom stereocenters. The van der Waals surface area contributed by atoms with Gasteiger partial charge in [-0.2, -0.15) is 8.42 Å². The van der Waals surface area contributed by atoms with Crippen molar-refractivity contribution in [2.45, 2.75) is 16.7 Å². The smallest absolute Gasteiger partial charge is 0.383 e. The third kappa shape index (κ3) is 4.61. The van der Waals surface area contributed by atoms with Crippen LogP contribution in [-0.2, 0) is 29.8 Å². The molecule has 0 aliphatic heterocycles. The molecule has 0 saturated heterocycles. The summed E-state index contributed by atoms with van der Waals surface area (Å²) in [4.78, 5) is 1.62. The van der Waals surface area contributed by atoms with Crippen LogP contribution in [0.15, 0.2) is 58.3 Å². The lowest BCUT2D eigenvalue weighted by Crippen LogP contribution is -2.26. The summed E-state index contributed by atoms with van der Waals surface area (Å²) < 4.78 is 75.7. The first kappa shape index (κ1) is 20.8. The van der Waals surface area contributed by atoms with Crippen LogP contribution in [-0.4, -0.2) is 40.7 Å². The van der Waals surface area contributed by atoms with Gasteiger partial charge in [-0.3, -0.25) is 0 Å². The molecule has 12 heteroatoms. The predicted molar refractivity (Wildman–Crippen MR) is 96.1 cm³/mol. The van der Waals surface area contributed by atoms with Gasteiger partial charge in [0, 0.05) is 0 Å². The second-order valence-electron chi connectivity index (χ2n) is 5.44. The number of sulfone groups is 2. The van der Waals surface area contributed by atoms with E-state index in [2.05, 4.69) is 8.97 Å². The summed E-state index contributed by atoms with van der Waals surface area (Å²) in [6.07, 6.45) is 0.808. The van der Waals surface area contributed by atoms with Crippen molar-refractivity contribution in [1.29, 1.82) is 0 Å². The largest absolute Gasteiger partial charge is 0.504 e. The molecule has 0 radical (unpaired) electrons. The van der Waals surface area contributed by atoms with Gasteiger partial charge in [-0.1, -0.05) is 17.7 Å². The average Bonchev–Trinajstić information content (AvgIpc) is 2.54. The van der Waals surface area contributed by atoms with Crippen molar-refractivity contribution in [3.63, 3.8) is 0 Å². The Labute approximate surface area is 156 Å². The number of rotatable bonds is 4. The number of benzene rings is 2. The maximum atomic E-state index is 12.6. The summed E-state index contributed by atoms with van der Waals surface area (Å²) in [5, 5.41) is 0. The average molecular weight is 430 g/mol. The maximum absolute atomic E-state index is 12.6. The van der Waals surface area contributed by atoms with E-state index in [0.717, 1.165) is 36.1 Å². The van der Waals surface area contributed by atoms with Crippen LogP contribution in [0.5, 0.6) is 5.75 Å². The lowest BCUT2D eigenvalue weighted by Gasteiger charge is -2.05. The quantitative estimate of drug-likeness (QED) is 0.232. The van der Waals surface area contributed by atoms with Crippen LogP contribution >= 0.6 is 0 Å². The van der Waals surface area contributed by atoms with Crippen molar-refractivity contribution in [3.8, 4) is 5.75 Å². The van der Waals surface area contributed by atoms with E-state index in [4.69, 9.17) is 5.53 Å². The summed E-state index contributed by atoms with van der Waals surface area (Å²) >= 11 is 0. The van der Waals surface area contributed by atoms with Gasteiger partial charge in [0.05, 0.1) is 16.0 Å². The van der Waals surface area contributed by atoms with Gasteiger partial charge in [0.2, 0.25) is 0 Å². The van der Waals surface area contributed by atoms with Crippen molar-refractivity contribution in [3.05, 3.63) is 59.6 Å². The first-order valence-corrected chi connectivity index (χ1v) is 11.9. The molecular formula is C15H14N2O7S3. The molecule has 27 heavy (non-hydrogen) atoms. The summed E-state index contributed by atoms with van der Waals surface area (Å²) in [5.41, 5.74) is 9.86. The predicted octanol–water partition coefficient (Wildman–Crippen LogP) is 1.17. The van der Waals surface area contributed by atoms with Gasteiger partial charge in [0.15, 0.2) is 0 Å². The van der Waals surface area contributed by atoms with Crippen LogP contribution < -0.4 is 4.18 Å². The Morgan fingerprint density at radius 1 is 0.815 bits per heavy atom. The molecule has 0 bridgehead atoms. The molecule has 2 aromatic carbocycles. The highest BCUT2D eigenvalue weighted by molar-refractivity contribution is 8.31. The minimum atomic E-state index is -4.72. The lowest BCUT2D eigenvalue weighted by atomic mass is 10.2. The monoisotopic (exact) mass is 430 g/mol. The van der Waals surface area contributed by atoms with E-state index in [1.165, 1.54) is 24.3 Å². The standard InChI is InChI=1S/C15H14N2O7S3/c1-11-3-7-13(8-4-11)26(20,21)15(17-16)27(22,23)14-9-5-12(6-10-14)24-25(2,18)19/h3-10H,1-2H3. The number of hydrogen-bond donors (Lipinski definition) is 0. The van der Waals surface area contributed by atoms with E-state index < -0.39 is 39.1 Å². The summed E-state index contributed by atoms with van der Waals surface area (Å²) in [6, 6.07) is 9.24. The van der Waals surface area contributed by atoms with Gasteiger partial charge in [0.1, 0.15) is 5.75 Å². The first-order chi connectivity index (χ1) is 12.4. The molecule has 0 fully saturated rings. The molecule has 2 rings (SSSR count). The Kier molecular flexibility index (Phi) is 5.57. The molecule has 2 aromatic rings. The topological polar surface area (TPSA) is 148 Å². The highest BCUT2D eigenvalue weighted by atomic mass is 32.3. The third-order valence-corrected chi connectivity index (χ3v) is 7.93. The molecule has 0 N–H and O–H groups in total. The van der Waals surface area contributed by atoms with Gasteiger partial charge < -0.3 is 9.71 Å². The normalized spacial score (nSPS) is 12.2. The fourth-order valence-electron chi connectivity index (χ4n) is 2.02. The van der Waals surface area contributed by atoms with Crippen molar-refractivity contribution < 1.29 is 34.2 Å². The fourth-order valence-corrected chi connectivity index (χ4v) is 5.82. The molecule has 0 amide bonds. The molecule has 0 atom stereocenters. The van der Waals surface area contributed by atoms with Crippen molar-refractivity contribution in [2.24, 2.45) is 0 Å². The van der Waals surface area contributed by atoms with Gasteiger partial charge in [-0.25, -0.2) is 16.8 Å². The Morgan fingerprint density at radius 2 is 1.22 bits per heavy atom. The Bertz CT molecular complexity index is 1220. The van der Waals surface area contributed by atoms with E-state index in [9.17, 15) is 25.3 Å². The van der Waals surface area contributed by atoms with Crippen LogP contribution in [0.1, 0.15) is 5.56 Å². The number of hydrogen-bond acceptors (Lipinski definition) is 7. The second kappa shape index (κ2) is 7.24. The number of aryl methyl sites for hydroxylation is 1. The van der Waals surface area contributed by atoms with E-state index in [1.807, 2.05) is 0 Å². The summed E-state index contributed by atoms with van der Waals surface area (Å²) in [5.74, 6) is -0.166. The molecule has 0 aliphatic carbocycles. The molecule has 0 heterocycles. The zero-order valence-electron chi connectivity index (χ0n) is 14.1.